The van der Waals surface area contributed by atoms with E-state index in [2.05, 4.69) is 4.72 Å². The molecule has 3 aromatic rings. The number of furan rings is 1. The number of para-hydroxylation sites is 1. The van der Waals surface area contributed by atoms with E-state index in [0.29, 0.717) is 18.7 Å². The number of carbonyl (C=O) groups is 1. The van der Waals surface area contributed by atoms with Crippen LogP contribution in [0.1, 0.15) is 16.1 Å². The Morgan fingerprint density at radius 2 is 1.93 bits per heavy atom. The lowest BCUT2D eigenvalue weighted by Crippen LogP contribution is -2.28. The number of nitro groups is 1. The molecule has 0 saturated carbocycles. The first-order chi connectivity index (χ1) is 13.9. The second-order valence-electron chi connectivity index (χ2n) is 6.36. The van der Waals surface area contributed by atoms with Crippen molar-refractivity contribution in [3.63, 3.8) is 0 Å². The van der Waals surface area contributed by atoms with Gasteiger partial charge >= 0.3 is 0 Å². The highest BCUT2D eigenvalue weighted by atomic mass is 32.2. The number of nitrogens with one attached hydrogen (secondary N) is 1. The molecule has 1 aliphatic rings. The number of fused-ring (bicyclic) bond motifs is 1. The standard InChI is InChI=1S/C19H15N3O6S/c23-19(17-5-3-11-28-17)21-10-9-13-12-14(7-8-15(13)21)20-29(26,27)18-6-2-1-4-16(18)22(24)25/h1-8,11-12,20H,9-10H2. The molecule has 148 valence electrons. The van der Waals surface area contributed by atoms with Crippen LogP contribution in [0.25, 0.3) is 0 Å². The molecule has 1 N–H and O–H groups in total. The smallest absolute Gasteiger partial charge is 0.293 e. The second-order valence-corrected chi connectivity index (χ2v) is 8.01. The molecule has 0 aliphatic carbocycles. The number of rotatable bonds is 5. The zero-order chi connectivity index (χ0) is 20.6. The zero-order valence-electron chi connectivity index (χ0n) is 14.9. The number of amides is 1. The quantitative estimate of drug-likeness (QED) is 0.506. The largest absolute Gasteiger partial charge is 0.459 e. The molecule has 0 fully saturated rings. The summed E-state index contributed by atoms with van der Waals surface area (Å²) >= 11 is 0. The normalized spacial score (nSPS) is 13.2. The van der Waals surface area contributed by atoms with Crippen LogP contribution < -0.4 is 9.62 Å². The number of hydrogen-bond acceptors (Lipinski definition) is 6. The van der Waals surface area contributed by atoms with Crippen LogP contribution in [0.5, 0.6) is 0 Å². The molecule has 2 heterocycles. The van der Waals surface area contributed by atoms with Crippen LogP contribution in [0, 0.1) is 10.1 Å². The second kappa shape index (κ2) is 7.06. The number of benzene rings is 2. The van der Waals surface area contributed by atoms with E-state index in [1.54, 1.807) is 29.2 Å². The lowest BCUT2D eigenvalue weighted by molar-refractivity contribution is -0.387. The summed E-state index contributed by atoms with van der Waals surface area (Å²) in [6.45, 7) is 0.440. The minimum atomic E-state index is -4.16. The Morgan fingerprint density at radius 1 is 1.14 bits per heavy atom. The number of nitro benzene ring substituents is 1. The Morgan fingerprint density at radius 3 is 2.66 bits per heavy atom. The molecule has 4 rings (SSSR count). The third kappa shape index (κ3) is 3.45. The summed E-state index contributed by atoms with van der Waals surface area (Å²) in [5.41, 5.74) is 1.21. The van der Waals surface area contributed by atoms with Crippen molar-refractivity contribution in [3.05, 3.63) is 82.3 Å². The van der Waals surface area contributed by atoms with Crippen LogP contribution in [0.4, 0.5) is 17.1 Å². The fourth-order valence-electron chi connectivity index (χ4n) is 3.25. The summed E-state index contributed by atoms with van der Waals surface area (Å²) in [4.78, 5) is 24.1. The Labute approximate surface area is 165 Å². The maximum absolute atomic E-state index is 12.7. The van der Waals surface area contributed by atoms with Gasteiger partial charge in [-0.2, -0.15) is 0 Å². The van der Waals surface area contributed by atoms with Crippen molar-refractivity contribution in [1.29, 1.82) is 0 Å². The molecule has 2 aromatic carbocycles. The highest BCUT2D eigenvalue weighted by Gasteiger charge is 2.29. The van der Waals surface area contributed by atoms with Gasteiger partial charge in [0, 0.05) is 24.0 Å². The van der Waals surface area contributed by atoms with E-state index < -0.39 is 25.5 Å². The highest BCUT2D eigenvalue weighted by Crippen LogP contribution is 2.33. The Kier molecular flexibility index (Phi) is 4.55. The Balaban J connectivity index is 1.61. The first-order valence-electron chi connectivity index (χ1n) is 8.61. The van der Waals surface area contributed by atoms with Crippen molar-refractivity contribution < 1.29 is 22.6 Å². The summed E-state index contributed by atoms with van der Waals surface area (Å²) in [7, 11) is -4.16. The van der Waals surface area contributed by atoms with Crippen LogP contribution in [0.15, 0.2) is 70.2 Å². The van der Waals surface area contributed by atoms with E-state index in [9.17, 15) is 23.3 Å². The average molecular weight is 413 g/mol. The number of anilines is 2. The van der Waals surface area contributed by atoms with Crippen LogP contribution in [0.3, 0.4) is 0 Å². The highest BCUT2D eigenvalue weighted by molar-refractivity contribution is 7.92. The summed E-state index contributed by atoms with van der Waals surface area (Å²) in [6, 6.07) is 13.1. The molecule has 1 aliphatic heterocycles. The predicted octanol–water partition coefficient (Wildman–Crippen LogP) is 3.19. The molecule has 0 bridgehead atoms. The number of sulfonamides is 1. The van der Waals surface area contributed by atoms with Crippen LogP contribution >= 0.6 is 0 Å². The lowest BCUT2D eigenvalue weighted by atomic mass is 10.1. The van der Waals surface area contributed by atoms with Crippen molar-refractivity contribution in [3.8, 4) is 0 Å². The maximum Gasteiger partial charge on any atom is 0.293 e. The monoisotopic (exact) mass is 413 g/mol. The van der Waals surface area contributed by atoms with E-state index in [1.165, 1.54) is 30.5 Å². The van der Waals surface area contributed by atoms with Gasteiger partial charge in [0.25, 0.3) is 21.6 Å². The minimum absolute atomic E-state index is 0.221. The van der Waals surface area contributed by atoms with Gasteiger partial charge in [-0.25, -0.2) is 8.42 Å². The minimum Gasteiger partial charge on any atom is -0.459 e. The van der Waals surface area contributed by atoms with Crippen molar-refractivity contribution in [2.24, 2.45) is 0 Å². The molecule has 10 heteroatoms. The molecular weight excluding hydrogens is 398 g/mol. The Hall–Kier alpha value is -3.66. The molecule has 1 amide bonds. The first-order valence-corrected chi connectivity index (χ1v) is 10.1. The number of hydrogen-bond donors (Lipinski definition) is 1. The molecule has 9 nitrogen and oxygen atoms in total. The first kappa shape index (κ1) is 18.7. The third-order valence-corrected chi connectivity index (χ3v) is 5.98. The maximum atomic E-state index is 12.7. The summed E-state index contributed by atoms with van der Waals surface area (Å²) in [5.74, 6) is -0.0546. The van der Waals surface area contributed by atoms with Crippen molar-refractivity contribution >= 4 is 33.0 Å². The van der Waals surface area contributed by atoms with Crippen molar-refractivity contribution in [2.45, 2.75) is 11.3 Å². The van der Waals surface area contributed by atoms with E-state index >= 15 is 0 Å². The predicted molar refractivity (Wildman–Crippen MR) is 104 cm³/mol. The molecule has 29 heavy (non-hydrogen) atoms. The SMILES string of the molecule is O=C(c1ccco1)N1CCc2cc(NS(=O)(=O)c3ccccc3[N+](=O)[O-])ccc21. The summed E-state index contributed by atoms with van der Waals surface area (Å²) in [5, 5.41) is 11.1. The van der Waals surface area contributed by atoms with Gasteiger partial charge in [-0.05, 0) is 48.4 Å². The van der Waals surface area contributed by atoms with E-state index in [4.69, 9.17) is 4.42 Å². The average Bonchev–Trinajstić information content (AvgIpc) is 3.37. The molecule has 0 atom stereocenters. The number of nitrogens with zero attached hydrogens (tertiary/aromatic N) is 2. The van der Waals surface area contributed by atoms with Crippen molar-refractivity contribution in [2.75, 3.05) is 16.2 Å². The van der Waals surface area contributed by atoms with E-state index in [0.717, 1.165) is 11.6 Å². The van der Waals surface area contributed by atoms with Gasteiger partial charge in [0.05, 0.1) is 11.2 Å². The van der Waals surface area contributed by atoms with Gasteiger partial charge in [-0.3, -0.25) is 19.6 Å². The van der Waals surface area contributed by atoms with Gasteiger partial charge in [0.15, 0.2) is 10.7 Å². The fourth-order valence-corrected chi connectivity index (χ4v) is 4.48. The Bertz CT molecular complexity index is 1200. The molecule has 0 spiro atoms. The van der Waals surface area contributed by atoms with Gasteiger partial charge in [0.1, 0.15) is 0 Å². The fraction of sp³-hybridized carbons (Fsp3) is 0.105. The molecule has 0 radical (unpaired) electrons. The summed E-state index contributed by atoms with van der Waals surface area (Å²) in [6.07, 6.45) is 1.97. The molecule has 1 aromatic heterocycles. The van der Waals surface area contributed by atoms with E-state index in [1.807, 2.05) is 0 Å². The van der Waals surface area contributed by atoms with Crippen LogP contribution in [0.2, 0.25) is 0 Å². The third-order valence-electron chi connectivity index (χ3n) is 4.56. The number of carbonyl (C=O) groups excluding carboxylic acids is 1. The van der Waals surface area contributed by atoms with E-state index in [-0.39, 0.29) is 17.4 Å². The summed E-state index contributed by atoms with van der Waals surface area (Å²) < 4.78 is 32.9. The zero-order valence-corrected chi connectivity index (χ0v) is 15.8. The van der Waals surface area contributed by atoms with Gasteiger partial charge < -0.3 is 9.32 Å². The molecular formula is C19H15N3O6S. The van der Waals surface area contributed by atoms with Gasteiger partial charge in [-0.15, -0.1) is 0 Å². The van der Waals surface area contributed by atoms with Crippen molar-refractivity contribution in [1.82, 2.24) is 0 Å². The van der Waals surface area contributed by atoms with Crippen LogP contribution in [-0.2, 0) is 16.4 Å². The molecule has 0 unspecified atom stereocenters. The van der Waals surface area contributed by atoms with Gasteiger partial charge in [0.2, 0.25) is 0 Å². The van der Waals surface area contributed by atoms with Gasteiger partial charge in [-0.1, -0.05) is 12.1 Å². The van der Waals surface area contributed by atoms with Crippen LogP contribution in [-0.4, -0.2) is 25.8 Å². The lowest BCUT2D eigenvalue weighted by Gasteiger charge is -2.16. The molecule has 0 saturated heterocycles. The topological polar surface area (TPSA) is 123 Å².